The first kappa shape index (κ1) is 22.4. The molecule has 2 heterocycles. The molecule has 8 heteroatoms. The number of aromatic nitrogens is 1. The molecule has 2 aromatic carbocycles. The van der Waals surface area contributed by atoms with Gasteiger partial charge in [-0.1, -0.05) is 18.2 Å². The summed E-state index contributed by atoms with van der Waals surface area (Å²) in [7, 11) is -1.60. The van der Waals surface area contributed by atoms with Gasteiger partial charge >= 0.3 is 0 Å². The number of hydrogen-bond acceptors (Lipinski definition) is 4. The molecule has 7 nitrogen and oxygen atoms in total. The SMILES string of the molecule is COc1ccc(-c2[nH]c3ccccc3c2CCC(=O)NC2CCCN(S(C)(=O)=O)C2)cc1. The second-order valence-corrected chi connectivity index (χ2v) is 10.3. The van der Waals surface area contributed by atoms with Crippen LogP contribution in [-0.2, 0) is 21.2 Å². The van der Waals surface area contributed by atoms with Gasteiger partial charge in [-0.25, -0.2) is 12.7 Å². The third-order valence-electron chi connectivity index (χ3n) is 6.01. The highest BCUT2D eigenvalue weighted by Gasteiger charge is 2.26. The summed E-state index contributed by atoms with van der Waals surface area (Å²) >= 11 is 0. The molecule has 32 heavy (non-hydrogen) atoms. The maximum absolute atomic E-state index is 12.7. The van der Waals surface area contributed by atoms with Crippen molar-refractivity contribution in [3.05, 3.63) is 54.1 Å². The molecule has 1 unspecified atom stereocenters. The predicted octanol–water partition coefficient (Wildman–Crippen LogP) is 3.32. The Balaban J connectivity index is 1.49. The number of aromatic amines is 1. The van der Waals surface area contributed by atoms with Crippen LogP contribution in [0.4, 0.5) is 0 Å². The van der Waals surface area contributed by atoms with Gasteiger partial charge in [0.1, 0.15) is 5.75 Å². The molecule has 1 aromatic heterocycles. The number of fused-ring (bicyclic) bond motifs is 1. The van der Waals surface area contributed by atoms with E-state index in [4.69, 9.17) is 4.74 Å². The van der Waals surface area contributed by atoms with Gasteiger partial charge in [-0.2, -0.15) is 0 Å². The second kappa shape index (κ2) is 9.34. The number of benzene rings is 2. The standard InChI is InChI=1S/C24H29N3O4S/c1-31-19-11-9-17(10-12-19)24-21(20-7-3-4-8-22(20)26-24)13-14-23(28)25-18-6-5-15-27(16-18)32(2,29)30/h3-4,7-12,18,26H,5-6,13-16H2,1-2H3,(H,25,28). The number of hydrogen-bond donors (Lipinski definition) is 2. The van der Waals surface area contributed by atoms with Crippen molar-refractivity contribution in [3.63, 3.8) is 0 Å². The van der Waals surface area contributed by atoms with Crippen LogP contribution in [0.3, 0.4) is 0 Å². The van der Waals surface area contributed by atoms with Crippen molar-refractivity contribution in [2.45, 2.75) is 31.7 Å². The zero-order chi connectivity index (χ0) is 22.7. The highest BCUT2D eigenvalue weighted by molar-refractivity contribution is 7.88. The Morgan fingerprint density at radius 1 is 1.19 bits per heavy atom. The van der Waals surface area contributed by atoms with E-state index >= 15 is 0 Å². The number of carbonyl (C=O) groups is 1. The van der Waals surface area contributed by atoms with Gasteiger partial charge in [0.05, 0.1) is 13.4 Å². The first-order valence-electron chi connectivity index (χ1n) is 10.8. The van der Waals surface area contributed by atoms with E-state index in [1.54, 1.807) is 7.11 Å². The Morgan fingerprint density at radius 3 is 2.66 bits per heavy atom. The Hall–Kier alpha value is -2.84. The van der Waals surface area contributed by atoms with E-state index in [9.17, 15) is 13.2 Å². The number of para-hydroxylation sites is 1. The summed E-state index contributed by atoms with van der Waals surface area (Å²) in [6.45, 7) is 0.862. The lowest BCUT2D eigenvalue weighted by molar-refractivity contribution is -0.122. The lowest BCUT2D eigenvalue weighted by atomic mass is 10.0. The summed E-state index contributed by atoms with van der Waals surface area (Å²) < 4.78 is 30.4. The molecule has 1 aliphatic rings. The first-order valence-corrected chi connectivity index (χ1v) is 12.7. The van der Waals surface area contributed by atoms with Crippen LogP contribution in [0.15, 0.2) is 48.5 Å². The normalized spacial score (nSPS) is 17.4. The molecule has 1 amide bonds. The molecule has 0 radical (unpaired) electrons. The summed E-state index contributed by atoms with van der Waals surface area (Å²) in [5.41, 5.74) is 4.17. The maximum Gasteiger partial charge on any atom is 0.220 e. The van der Waals surface area contributed by atoms with Crippen molar-refractivity contribution in [1.29, 1.82) is 0 Å². The Kier molecular flexibility index (Phi) is 6.53. The fraction of sp³-hybridized carbons (Fsp3) is 0.375. The van der Waals surface area contributed by atoms with E-state index in [1.165, 1.54) is 10.6 Å². The molecular formula is C24H29N3O4S. The lowest BCUT2D eigenvalue weighted by Crippen LogP contribution is -2.49. The summed E-state index contributed by atoms with van der Waals surface area (Å²) in [4.78, 5) is 16.2. The number of nitrogens with zero attached hydrogens (tertiary/aromatic N) is 1. The zero-order valence-corrected chi connectivity index (χ0v) is 19.2. The Morgan fingerprint density at radius 2 is 1.94 bits per heavy atom. The highest BCUT2D eigenvalue weighted by atomic mass is 32.2. The second-order valence-electron chi connectivity index (χ2n) is 8.28. The minimum absolute atomic E-state index is 0.0590. The summed E-state index contributed by atoms with van der Waals surface area (Å²) in [5, 5.41) is 4.14. The molecule has 170 valence electrons. The number of sulfonamides is 1. The minimum Gasteiger partial charge on any atom is -0.497 e. The summed E-state index contributed by atoms with van der Waals surface area (Å²) in [5.74, 6) is 0.734. The van der Waals surface area contributed by atoms with Gasteiger partial charge in [0.25, 0.3) is 0 Å². The van der Waals surface area contributed by atoms with Crippen LogP contribution in [0.2, 0.25) is 0 Å². The van der Waals surface area contributed by atoms with E-state index in [0.717, 1.165) is 46.3 Å². The summed E-state index contributed by atoms with van der Waals surface area (Å²) in [6, 6.07) is 15.8. The third-order valence-corrected chi connectivity index (χ3v) is 7.28. The fourth-order valence-corrected chi connectivity index (χ4v) is 5.28. The molecule has 1 saturated heterocycles. The number of piperidine rings is 1. The van der Waals surface area contributed by atoms with Crippen LogP contribution in [-0.4, -0.2) is 56.1 Å². The number of amides is 1. The average Bonchev–Trinajstić information content (AvgIpc) is 3.16. The molecule has 1 fully saturated rings. The van der Waals surface area contributed by atoms with Gasteiger partial charge in [0.15, 0.2) is 0 Å². The number of ether oxygens (including phenoxy) is 1. The molecule has 0 aliphatic carbocycles. The number of H-pyrrole nitrogens is 1. The highest BCUT2D eigenvalue weighted by Crippen LogP contribution is 2.32. The number of rotatable bonds is 7. The molecule has 0 saturated carbocycles. The third kappa shape index (κ3) is 4.97. The van der Waals surface area contributed by atoms with Crippen LogP contribution >= 0.6 is 0 Å². The van der Waals surface area contributed by atoms with Crippen LogP contribution in [0, 0.1) is 0 Å². The van der Waals surface area contributed by atoms with E-state index in [2.05, 4.69) is 16.4 Å². The average molecular weight is 456 g/mol. The zero-order valence-electron chi connectivity index (χ0n) is 18.4. The van der Waals surface area contributed by atoms with Crippen molar-refractivity contribution in [1.82, 2.24) is 14.6 Å². The van der Waals surface area contributed by atoms with E-state index in [-0.39, 0.29) is 11.9 Å². The first-order chi connectivity index (χ1) is 15.3. The topological polar surface area (TPSA) is 91.5 Å². The quantitative estimate of drug-likeness (QED) is 0.572. The van der Waals surface area contributed by atoms with Gasteiger partial charge in [-0.3, -0.25) is 4.79 Å². The molecule has 0 bridgehead atoms. The van der Waals surface area contributed by atoms with Gasteiger partial charge < -0.3 is 15.0 Å². The largest absolute Gasteiger partial charge is 0.497 e. The van der Waals surface area contributed by atoms with E-state index in [0.29, 0.717) is 25.9 Å². The van der Waals surface area contributed by atoms with Gasteiger partial charge in [-0.05, 0) is 60.7 Å². The molecule has 4 rings (SSSR count). The van der Waals surface area contributed by atoms with Gasteiger partial charge in [0, 0.05) is 42.1 Å². The minimum atomic E-state index is -3.24. The lowest BCUT2D eigenvalue weighted by Gasteiger charge is -2.31. The van der Waals surface area contributed by atoms with Crippen LogP contribution < -0.4 is 10.1 Å². The smallest absolute Gasteiger partial charge is 0.220 e. The fourth-order valence-electron chi connectivity index (χ4n) is 4.36. The molecule has 0 spiro atoms. The van der Waals surface area contributed by atoms with Crippen LogP contribution in [0.1, 0.15) is 24.8 Å². The molecule has 1 aliphatic heterocycles. The predicted molar refractivity (Wildman–Crippen MR) is 126 cm³/mol. The van der Waals surface area contributed by atoms with E-state index in [1.807, 2.05) is 42.5 Å². The number of carbonyl (C=O) groups excluding carboxylic acids is 1. The van der Waals surface area contributed by atoms with Crippen molar-refractivity contribution >= 4 is 26.8 Å². The van der Waals surface area contributed by atoms with E-state index < -0.39 is 10.0 Å². The summed E-state index contributed by atoms with van der Waals surface area (Å²) in [6.07, 6.45) is 3.68. The van der Waals surface area contributed by atoms with Gasteiger partial charge in [-0.15, -0.1) is 0 Å². The van der Waals surface area contributed by atoms with Crippen molar-refractivity contribution < 1.29 is 17.9 Å². The molecule has 3 aromatic rings. The maximum atomic E-state index is 12.7. The van der Waals surface area contributed by atoms with Crippen LogP contribution in [0.5, 0.6) is 5.75 Å². The van der Waals surface area contributed by atoms with Crippen molar-refractivity contribution in [3.8, 4) is 17.0 Å². The number of methoxy groups -OCH3 is 1. The molecule has 2 N–H and O–H groups in total. The molecular weight excluding hydrogens is 426 g/mol. The van der Waals surface area contributed by atoms with Gasteiger partial charge in [0.2, 0.25) is 15.9 Å². The number of nitrogens with one attached hydrogen (secondary N) is 2. The van der Waals surface area contributed by atoms with Crippen molar-refractivity contribution in [2.75, 3.05) is 26.5 Å². The Labute approximate surface area is 188 Å². The molecule has 1 atom stereocenters. The number of aryl methyl sites for hydroxylation is 1. The monoisotopic (exact) mass is 455 g/mol. The Bertz CT molecular complexity index is 1200. The van der Waals surface area contributed by atoms with Crippen molar-refractivity contribution in [2.24, 2.45) is 0 Å². The van der Waals surface area contributed by atoms with Crippen LogP contribution in [0.25, 0.3) is 22.2 Å².